The van der Waals surface area contributed by atoms with E-state index < -0.39 is 11.9 Å². The quantitative estimate of drug-likeness (QED) is 0.690. The first-order chi connectivity index (χ1) is 13.0. The molecule has 0 unspecified atom stereocenters. The van der Waals surface area contributed by atoms with Gasteiger partial charge < -0.3 is 24.6 Å². The molecule has 0 heterocycles. The monoisotopic (exact) mass is 371 g/mol. The van der Waals surface area contributed by atoms with E-state index in [2.05, 4.69) is 5.32 Å². The van der Waals surface area contributed by atoms with Crippen LogP contribution in [0.25, 0.3) is 6.08 Å². The first-order valence-corrected chi connectivity index (χ1v) is 8.19. The Morgan fingerprint density at radius 2 is 1.70 bits per heavy atom. The van der Waals surface area contributed by atoms with E-state index in [-0.39, 0.29) is 17.0 Å². The predicted octanol–water partition coefficient (Wildman–Crippen LogP) is 3.45. The second-order valence-electron chi connectivity index (χ2n) is 5.38. The second-order valence-corrected chi connectivity index (χ2v) is 5.38. The average molecular weight is 371 g/mol. The van der Waals surface area contributed by atoms with Crippen LogP contribution >= 0.6 is 0 Å². The second kappa shape index (κ2) is 9.28. The zero-order valence-electron chi connectivity index (χ0n) is 15.3. The number of carboxylic acid groups (broad SMARTS) is 1. The maximum absolute atomic E-state index is 12.2. The molecule has 2 N–H and O–H groups in total. The van der Waals surface area contributed by atoms with Crippen LogP contribution in [-0.2, 0) is 4.79 Å². The Kier molecular flexibility index (Phi) is 6.82. The van der Waals surface area contributed by atoms with E-state index in [0.717, 1.165) is 11.3 Å². The highest BCUT2D eigenvalue weighted by molar-refractivity contribution is 6.06. The minimum atomic E-state index is -1.19. The van der Waals surface area contributed by atoms with E-state index in [1.807, 2.05) is 19.1 Å². The minimum absolute atomic E-state index is 0.101. The number of ether oxygens (including phenoxy) is 3. The predicted molar refractivity (Wildman–Crippen MR) is 102 cm³/mol. The fourth-order valence-corrected chi connectivity index (χ4v) is 2.35. The van der Waals surface area contributed by atoms with Crippen molar-refractivity contribution in [2.24, 2.45) is 0 Å². The number of rotatable bonds is 8. The number of hydrogen-bond donors (Lipinski definition) is 2. The number of aromatic carboxylic acids is 1. The van der Waals surface area contributed by atoms with Crippen molar-refractivity contribution in [3.63, 3.8) is 0 Å². The summed E-state index contributed by atoms with van der Waals surface area (Å²) in [6.45, 7) is 2.48. The normalized spacial score (nSPS) is 10.5. The maximum atomic E-state index is 12.2. The van der Waals surface area contributed by atoms with Crippen LogP contribution in [0, 0.1) is 0 Å². The van der Waals surface area contributed by atoms with Gasteiger partial charge in [0.25, 0.3) is 0 Å². The highest BCUT2D eigenvalue weighted by atomic mass is 16.5. The molecular weight excluding hydrogens is 350 g/mol. The Balaban J connectivity index is 2.17. The molecule has 2 aromatic carbocycles. The molecule has 27 heavy (non-hydrogen) atoms. The highest BCUT2D eigenvalue weighted by Crippen LogP contribution is 2.33. The Morgan fingerprint density at radius 3 is 2.26 bits per heavy atom. The summed E-state index contributed by atoms with van der Waals surface area (Å²) in [5, 5.41) is 11.9. The summed E-state index contributed by atoms with van der Waals surface area (Å²) in [6.07, 6.45) is 2.93. The van der Waals surface area contributed by atoms with Gasteiger partial charge in [-0.2, -0.15) is 0 Å². The number of nitrogens with one attached hydrogen (secondary N) is 1. The largest absolute Gasteiger partial charge is 0.494 e. The molecule has 0 aromatic heterocycles. The molecule has 0 aliphatic heterocycles. The number of carbonyl (C=O) groups is 2. The Hall–Kier alpha value is -3.48. The van der Waals surface area contributed by atoms with Gasteiger partial charge >= 0.3 is 5.97 Å². The third kappa shape index (κ3) is 5.24. The molecule has 2 rings (SSSR count). The summed E-state index contributed by atoms with van der Waals surface area (Å²) in [5.41, 5.74) is 0.816. The average Bonchev–Trinajstić information content (AvgIpc) is 2.67. The van der Waals surface area contributed by atoms with Crippen LogP contribution < -0.4 is 19.5 Å². The van der Waals surface area contributed by atoms with Gasteiger partial charge in [-0.3, -0.25) is 4.79 Å². The van der Waals surface area contributed by atoms with E-state index in [4.69, 9.17) is 14.2 Å². The summed E-state index contributed by atoms with van der Waals surface area (Å²) in [4.78, 5) is 23.7. The molecule has 0 atom stereocenters. The number of hydrogen-bond acceptors (Lipinski definition) is 5. The first kappa shape index (κ1) is 19.8. The lowest BCUT2D eigenvalue weighted by atomic mass is 10.1. The molecule has 0 saturated heterocycles. The Morgan fingerprint density at radius 1 is 1.07 bits per heavy atom. The fourth-order valence-electron chi connectivity index (χ4n) is 2.35. The number of carboxylic acids is 1. The van der Waals surface area contributed by atoms with E-state index in [1.54, 1.807) is 18.2 Å². The van der Waals surface area contributed by atoms with Gasteiger partial charge in [-0.1, -0.05) is 12.1 Å². The summed E-state index contributed by atoms with van der Waals surface area (Å²) in [5.74, 6) is -0.345. The standard InChI is InChI=1S/C20H21NO6/c1-4-27-14-8-5-13(6-9-14)7-10-19(22)21-16-12-18(26-3)17(25-2)11-15(16)20(23)24/h5-12H,4H2,1-3H3,(H,21,22)(H,23,24)/b10-7+. The maximum Gasteiger partial charge on any atom is 0.337 e. The summed E-state index contributed by atoms with van der Waals surface area (Å²) in [7, 11) is 2.83. The number of anilines is 1. The number of methoxy groups -OCH3 is 2. The van der Waals surface area contributed by atoms with E-state index in [9.17, 15) is 14.7 Å². The van der Waals surface area contributed by atoms with E-state index >= 15 is 0 Å². The van der Waals surface area contributed by atoms with Crippen molar-refractivity contribution in [3.8, 4) is 17.2 Å². The zero-order valence-corrected chi connectivity index (χ0v) is 15.3. The van der Waals surface area contributed by atoms with Crippen LogP contribution in [-0.4, -0.2) is 37.8 Å². The molecule has 0 fully saturated rings. The lowest BCUT2D eigenvalue weighted by molar-refractivity contribution is -0.111. The topological polar surface area (TPSA) is 94.1 Å². The van der Waals surface area contributed by atoms with Crippen molar-refractivity contribution in [2.75, 3.05) is 26.1 Å². The first-order valence-electron chi connectivity index (χ1n) is 8.19. The molecule has 7 heteroatoms. The molecule has 0 saturated carbocycles. The summed E-state index contributed by atoms with van der Waals surface area (Å²) >= 11 is 0. The third-order valence-electron chi connectivity index (χ3n) is 3.63. The summed E-state index contributed by atoms with van der Waals surface area (Å²) < 4.78 is 15.6. The summed E-state index contributed by atoms with van der Waals surface area (Å²) in [6, 6.07) is 9.94. The minimum Gasteiger partial charge on any atom is -0.494 e. The fraction of sp³-hybridized carbons (Fsp3) is 0.200. The van der Waals surface area contributed by atoms with Crippen molar-refractivity contribution >= 4 is 23.6 Å². The van der Waals surface area contributed by atoms with Crippen LogP contribution in [0.5, 0.6) is 17.2 Å². The molecule has 142 valence electrons. The lowest BCUT2D eigenvalue weighted by Crippen LogP contribution is -2.12. The van der Waals surface area contributed by atoms with Gasteiger partial charge in [0.15, 0.2) is 11.5 Å². The molecule has 0 spiro atoms. The Bertz CT molecular complexity index is 842. The molecule has 2 aromatic rings. The SMILES string of the molecule is CCOc1ccc(/C=C/C(=O)Nc2cc(OC)c(OC)cc2C(=O)O)cc1. The highest BCUT2D eigenvalue weighted by Gasteiger charge is 2.17. The molecule has 0 aliphatic rings. The van der Waals surface area contributed by atoms with Gasteiger partial charge in [0.2, 0.25) is 5.91 Å². The van der Waals surface area contributed by atoms with Crippen LogP contribution in [0.2, 0.25) is 0 Å². The van der Waals surface area contributed by atoms with Gasteiger partial charge in [-0.15, -0.1) is 0 Å². The van der Waals surface area contributed by atoms with Crippen molar-refractivity contribution < 1.29 is 28.9 Å². The van der Waals surface area contributed by atoms with Gasteiger partial charge in [-0.25, -0.2) is 4.79 Å². The van der Waals surface area contributed by atoms with Crippen molar-refractivity contribution in [3.05, 3.63) is 53.6 Å². The lowest BCUT2D eigenvalue weighted by Gasteiger charge is -2.13. The van der Waals surface area contributed by atoms with Crippen LogP contribution in [0.1, 0.15) is 22.8 Å². The third-order valence-corrected chi connectivity index (χ3v) is 3.63. The van der Waals surface area contributed by atoms with Crippen LogP contribution in [0.3, 0.4) is 0 Å². The van der Waals surface area contributed by atoms with E-state index in [1.165, 1.54) is 32.4 Å². The number of carbonyl (C=O) groups excluding carboxylic acids is 1. The molecule has 7 nitrogen and oxygen atoms in total. The van der Waals surface area contributed by atoms with Gasteiger partial charge in [0.1, 0.15) is 5.75 Å². The van der Waals surface area contributed by atoms with Crippen molar-refractivity contribution in [1.82, 2.24) is 0 Å². The van der Waals surface area contributed by atoms with Crippen molar-refractivity contribution in [2.45, 2.75) is 6.92 Å². The smallest absolute Gasteiger partial charge is 0.337 e. The Labute approximate surface area is 157 Å². The molecule has 0 radical (unpaired) electrons. The molecule has 1 amide bonds. The van der Waals surface area contributed by atoms with Crippen LogP contribution in [0.15, 0.2) is 42.5 Å². The molecular formula is C20H21NO6. The molecule has 0 bridgehead atoms. The molecule has 0 aliphatic carbocycles. The number of amides is 1. The zero-order chi connectivity index (χ0) is 19.8. The van der Waals surface area contributed by atoms with E-state index in [0.29, 0.717) is 12.4 Å². The van der Waals surface area contributed by atoms with Gasteiger partial charge in [0.05, 0.1) is 32.1 Å². The van der Waals surface area contributed by atoms with Gasteiger partial charge in [0, 0.05) is 18.2 Å². The van der Waals surface area contributed by atoms with Crippen molar-refractivity contribution in [1.29, 1.82) is 0 Å². The van der Waals surface area contributed by atoms with Gasteiger partial charge in [-0.05, 0) is 30.7 Å². The number of benzene rings is 2. The van der Waals surface area contributed by atoms with Crippen LogP contribution in [0.4, 0.5) is 5.69 Å².